The van der Waals surface area contributed by atoms with Crippen molar-refractivity contribution in [2.24, 2.45) is 0 Å². The first-order chi connectivity index (χ1) is 9.78. The molecule has 1 fully saturated rings. The Morgan fingerprint density at radius 1 is 1.25 bits per heavy atom. The Bertz CT molecular complexity index is 406. The summed E-state index contributed by atoms with van der Waals surface area (Å²) in [5.41, 5.74) is 0.902. The number of aryl methyl sites for hydroxylation is 1. The van der Waals surface area contributed by atoms with Crippen LogP contribution in [0.25, 0.3) is 0 Å². The molecule has 5 heteroatoms. The Balaban J connectivity index is 1.72. The van der Waals surface area contributed by atoms with Crippen LogP contribution in [0.5, 0.6) is 5.88 Å². The predicted molar refractivity (Wildman–Crippen MR) is 79.3 cm³/mol. The molecule has 1 N–H and O–H groups in total. The van der Waals surface area contributed by atoms with Gasteiger partial charge < -0.3 is 14.8 Å². The van der Waals surface area contributed by atoms with Crippen LogP contribution in [0.4, 0.5) is 5.95 Å². The first kappa shape index (κ1) is 15.0. The van der Waals surface area contributed by atoms with Crippen LogP contribution >= 0.6 is 0 Å². The summed E-state index contributed by atoms with van der Waals surface area (Å²) in [5, 5.41) is 3.20. The van der Waals surface area contributed by atoms with Gasteiger partial charge >= 0.3 is 0 Å². The van der Waals surface area contributed by atoms with E-state index in [1.807, 2.05) is 19.9 Å². The van der Waals surface area contributed by atoms with Crippen molar-refractivity contribution in [2.45, 2.75) is 52.1 Å². The quantitative estimate of drug-likeness (QED) is 0.778. The molecule has 5 nitrogen and oxygen atoms in total. The summed E-state index contributed by atoms with van der Waals surface area (Å²) in [7, 11) is 0. The van der Waals surface area contributed by atoms with E-state index in [-0.39, 0.29) is 0 Å². The van der Waals surface area contributed by atoms with Gasteiger partial charge in [-0.3, -0.25) is 0 Å². The normalized spacial score (nSPS) is 16.1. The summed E-state index contributed by atoms with van der Waals surface area (Å²) in [5.74, 6) is 1.23. The van der Waals surface area contributed by atoms with E-state index < -0.39 is 0 Å². The number of hydrogen-bond donors (Lipinski definition) is 1. The van der Waals surface area contributed by atoms with Crippen molar-refractivity contribution in [3.8, 4) is 5.88 Å². The van der Waals surface area contributed by atoms with Gasteiger partial charge in [0, 0.05) is 18.3 Å². The molecular formula is C15H25N3O2. The average Bonchev–Trinajstić information content (AvgIpc) is 2.45. The van der Waals surface area contributed by atoms with Gasteiger partial charge in [0.2, 0.25) is 11.8 Å². The highest BCUT2D eigenvalue weighted by Gasteiger charge is 2.13. The van der Waals surface area contributed by atoms with Crippen molar-refractivity contribution in [3.05, 3.63) is 11.8 Å². The number of ether oxygens (including phenoxy) is 2. The summed E-state index contributed by atoms with van der Waals surface area (Å²) in [6.45, 7) is 5.93. The van der Waals surface area contributed by atoms with E-state index in [4.69, 9.17) is 9.47 Å². The Morgan fingerprint density at radius 3 is 2.80 bits per heavy atom. The largest absolute Gasteiger partial charge is 0.478 e. The first-order valence-electron chi connectivity index (χ1n) is 7.62. The molecule has 1 aliphatic rings. The van der Waals surface area contributed by atoms with Gasteiger partial charge in [-0.2, -0.15) is 4.98 Å². The molecule has 112 valence electrons. The number of anilines is 1. The van der Waals surface area contributed by atoms with E-state index in [9.17, 15) is 0 Å². The molecule has 0 unspecified atom stereocenters. The third-order valence-electron chi connectivity index (χ3n) is 3.41. The fourth-order valence-corrected chi connectivity index (χ4v) is 2.46. The highest BCUT2D eigenvalue weighted by atomic mass is 16.5. The van der Waals surface area contributed by atoms with Crippen molar-refractivity contribution in [1.82, 2.24) is 9.97 Å². The lowest BCUT2D eigenvalue weighted by atomic mass is 9.98. The van der Waals surface area contributed by atoms with Gasteiger partial charge in [-0.1, -0.05) is 19.3 Å². The molecule has 0 spiro atoms. The Hall–Kier alpha value is -1.36. The van der Waals surface area contributed by atoms with Crippen molar-refractivity contribution in [2.75, 3.05) is 25.1 Å². The molecule has 0 saturated heterocycles. The van der Waals surface area contributed by atoms with Crippen molar-refractivity contribution >= 4 is 5.95 Å². The molecule has 1 saturated carbocycles. The third kappa shape index (κ3) is 4.96. The van der Waals surface area contributed by atoms with E-state index in [0.717, 1.165) is 12.2 Å². The topological polar surface area (TPSA) is 56.3 Å². The van der Waals surface area contributed by atoms with E-state index in [0.29, 0.717) is 31.1 Å². The van der Waals surface area contributed by atoms with Crippen LogP contribution in [0.3, 0.4) is 0 Å². The second kappa shape index (κ2) is 8.04. The van der Waals surface area contributed by atoms with E-state index in [1.54, 1.807) is 0 Å². The predicted octanol–water partition coefficient (Wildman–Crippen LogP) is 2.94. The third-order valence-corrected chi connectivity index (χ3v) is 3.41. The van der Waals surface area contributed by atoms with Gasteiger partial charge in [0.25, 0.3) is 0 Å². The van der Waals surface area contributed by atoms with Crippen LogP contribution < -0.4 is 10.1 Å². The van der Waals surface area contributed by atoms with Gasteiger partial charge in [0.1, 0.15) is 0 Å². The van der Waals surface area contributed by atoms with Crippen LogP contribution in [-0.4, -0.2) is 35.8 Å². The minimum atomic E-state index is 0.447. The Kier molecular flexibility index (Phi) is 6.05. The van der Waals surface area contributed by atoms with Crippen LogP contribution in [0.1, 0.15) is 44.7 Å². The first-order valence-corrected chi connectivity index (χ1v) is 7.62. The van der Waals surface area contributed by atoms with Gasteiger partial charge in [-0.25, -0.2) is 4.98 Å². The maximum absolute atomic E-state index is 5.86. The molecule has 2 rings (SSSR count). The molecule has 0 radical (unpaired) electrons. The SMILES string of the molecule is CCOc1cc(C)nc(NCCOC2CCCCC2)n1. The monoisotopic (exact) mass is 279 g/mol. The standard InChI is InChI=1S/C15H25N3O2/c1-3-19-14-11-12(2)17-15(18-14)16-9-10-20-13-7-5-4-6-8-13/h11,13H,3-10H2,1-2H3,(H,16,17,18). The fraction of sp³-hybridized carbons (Fsp3) is 0.733. The lowest BCUT2D eigenvalue weighted by Gasteiger charge is -2.22. The average molecular weight is 279 g/mol. The number of nitrogens with zero attached hydrogens (tertiary/aromatic N) is 2. The van der Waals surface area contributed by atoms with Gasteiger partial charge in [0.05, 0.1) is 19.3 Å². The molecular weight excluding hydrogens is 254 g/mol. The summed E-state index contributed by atoms with van der Waals surface area (Å²) in [6, 6.07) is 1.84. The number of hydrogen-bond acceptors (Lipinski definition) is 5. The van der Waals surface area contributed by atoms with E-state index >= 15 is 0 Å². The zero-order valence-electron chi connectivity index (χ0n) is 12.5. The second-order valence-electron chi connectivity index (χ2n) is 5.16. The maximum atomic E-state index is 5.86. The maximum Gasteiger partial charge on any atom is 0.226 e. The molecule has 0 atom stereocenters. The molecule has 1 aromatic rings. The van der Waals surface area contributed by atoms with E-state index in [1.165, 1.54) is 32.1 Å². The summed E-state index contributed by atoms with van der Waals surface area (Å²) < 4.78 is 11.3. The zero-order valence-corrected chi connectivity index (χ0v) is 12.5. The molecule has 0 bridgehead atoms. The van der Waals surface area contributed by atoms with Gasteiger partial charge in [-0.05, 0) is 26.7 Å². The molecule has 0 aliphatic heterocycles. The van der Waals surface area contributed by atoms with Gasteiger partial charge in [0.15, 0.2) is 0 Å². The van der Waals surface area contributed by atoms with Crippen molar-refractivity contribution in [3.63, 3.8) is 0 Å². The molecule has 1 aliphatic carbocycles. The number of rotatable bonds is 7. The minimum absolute atomic E-state index is 0.447. The lowest BCUT2D eigenvalue weighted by molar-refractivity contribution is 0.0347. The molecule has 1 aromatic heterocycles. The number of nitrogens with one attached hydrogen (secondary N) is 1. The molecule has 20 heavy (non-hydrogen) atoms. The highest BCUT2D eigenvalue weighted by Crippen LogP contribution is 2.20. The second-order valence-corrected chi connectivity index (χ2v) is 5.16. The fourth-order valence-electron chi connectivity index (χ4n) is 2.46. The summed E-state index contributed by atoms with van der Waals surface area (Å²) in [6.07, 6.45) is 6.82. The van der Waals surface area contributed by atoms with Crippen molar-refractivity contribution in [1.29, 1.82) is 0 Å². The summed E-state index contributed by atoms with van der Waals surface area (Å²) in [4.78, 5) is 8.65. The zero-order chi connectivity index (χ0) is 14.2. The van der Waals surface area contributed by atoms with Gasteiger partial charge in [-0.15, -0.1) is 0 Å². The minimum Gasteiger partial charge on any atom is -0.478 e. The Labute approximate surface area is 121 Å². The molecule has 0 aromatic carbocycles. The molecule has 0 amide bonds. The van der Waals surface area contributed by atoms with E-state index in [2.05, 4.69) is 15.3 Å². The van der Waals surface area contributed by atoms with Crippen molar-refractivity contribution < 1.29 is 9.47 Å². The number of aromatic nitrogens is 2. The van der Waals surface area contributed by atoms with Crippen LogP contribution in [-0.2, 0) is 4.74 Å². The highest BCUT2D eigenvalue weighted by molar-refractivity contribution is 5.30. The molecule has 1 heterocycles. The lowest BCUT2D eigenvalue weighted by Crippen LogP contribution is -2.21. The van der Waals surface area contributed by atoms with Crippen LogP contribution in [0.2, 0.25) is 0 Å². The van der Waals surface area contributed by atoms with Crippen LogP contribution in [0.15, 0.2) is 6.07 Å². The Morgan fingerprint density at radius 2 is 2.05 bits per heavy atom. The smallest absolute Gasteiger partial charge is 0.226 e. The van der Waals surface area contributed by atoms with Crippen LogP contribution in [0, 0.1) is 6.92 Å². The summed E-state index contributed by atoms with van der Waals surface area (Å²) >= 11 is 0.